The third-order valence-electron chi connectivity index (χ3n) is 5.15. The second-order valence-electron chi connectivity index (χ2n) is 7.11. The van der Waals surface area contributed by atoms with E-state index in [1.54, 1.807) is 0 Å². The van der Waals surface area contributed by atoms with Gasteiger partial charge in [0.2, 0.25) is 11.9 Å². The van der Waals surface area contributed by atoms with Crippen LogP contribution in [0.15, 0.2) is 6.07 Å². The van der Waals surface area contributed by atoms with Crippen LogP contribution in [0.4, 0.5) is 5.95 Å². The number of carbonyl (C=O) groups excluding carboxylic acids is 1. The zero-order chi connectivity index (χ0) is 17.1. The van der Waals surface area contributed by atoms with Crippen LogP contribution < -0.4 is 4.90 Å². The van der Waals surface area contributed by atoms with E-state index in [0.29, 0.717) is 5.91 Å². The Morgan fingerprint density at radius 2 is 1.67 bits per heavy atom. The minimum absolute atomic E-state index is 0.0662. The first-order valence-corrected chi connectivity index (χ1v) is 9.11. The van der Waals surface area contributed by atoms with Gasteiger partial charge in [-0.05, 0) is 46.3 Å². The maximum absolute atomic E-state index is 12.9. The molecule has 0 aromatic carbocycles. The number of anilines is 1. The summed E-state index contributed by atoms with van der Waals surface area (Å²) in [4.78, 5) is 28.5. The van der Waals surface area contributed by atoms with Gasteiger partial charge in [0.25, 0.3) is 0 Å². The fourth-order valence-corrected chi connectivity index (χ4v) is 3.75. The topological polar surface area (TPSA) is 52.6 Å². The quantitative estimate of drug-likeness (QED) is 0.824. The Labute approximate surface area is 144 Å². The summed E-state index contributed by atoms with van der Waals surface area (Å²) >= 11 is 0. The predicted molar refractivity (Wildman–Crippen MR) is 95.2 cm³/mol. The number of likely N-dealkylation sites (N-methyl/N-ethyl adjacent to an activating group) is 1. The van der Waals surface area contributed by atoms with E-state index in [0.717, 1.165) is 62.9 Å². The number of piperazine rings is 1. The highest BCUT2D eigenvalue weighted by Crippen LogP contribution is 2.19. The molecule has 1 aromatic heterocycles. The monoisotopic (exact) mass is 331 g/mol. The molecule has 0 unspecified atom stereocenters. The summed E-state index contributed by atoms with van der Waals surface area (Å²) < 4.78 is 0. The lowest BCUT2D eigenvalue weighted by molar-refractivity contribution is -0.137. The molecule has 0 radical (unpaired) electrons. The lowest BCUT2D eigenvalue weighted by atomic mass is 10.1. The SMILES string of the molecule is Cc1cc(C)nc(N2CCN(C(=O)[C@H]3CCCCCN3C)CC2)n1. The van der Waals surface area contributed by atoms with Crippen molar-refractivity contribution in [3.05, 3.63) is 17.5 Å². The Kier molecular flexibility index (Phi) is 5.33. The van der Waals surface area contributed by atoms with E-state index in [4.69, 9.17) is 0 Å². The Hall–Kier alpha value is -1.69. The summed E-state index contributed by atoms with van der Waals surface area (Å²) in [6, 6.07) is 2.06. The second-order valence-corrected chi connectivity index (χ2v) is 7.11. The molecule has 2 aliphatic heterocycles. The van der Waals surface area contributed by atoms with Crippen LogP contribution in [0.3, 0.4) is 0 Å². The number of likely N-dealkylation sites (tertiary alicyclic amines) is 1. The van der Waals surface area contributed by atoms with Crippen LogP contribution in [-0.4, -0.2) is 71.5 Å². The van der Waals surface area contributed by atoms with Gasteiger partial charge in [-0.3, -0.25) is 9.69 Å². The predicted octanol–water partition coefficient (Wildman–Crippen LogP) is 1.62. The van der Waals surface area contributed by atoms with Crippen molar-refractivity contribution in [2.75, 3.05) is 44.7 Å². The summed E-state index contributed by atoms with van der Waals surface area (Å²) in [7, 11) is 2.09. The molecule has 2 fully saturated rings. The maximum atomic E-state index is 12.9. The molecule has 1 atom stereocenters. The molecular formula is C18H29N5O. The van der Waals surface area contributed by atoms with E-state index in [2.05, 4.69) is 26.8 Å². The number of nitrogens with zero attached hydrogens (tertiary/aromatic N) is 5. The number of rotatable bonds is 2. The van der Waals surface area contributed by atoms with Gasteiger partial charge in [0.1, 0.15) is 0 Å². The lowest BCUT2D eigenvalue weighted by Crippen LogP contribution is -2.54. The third-order valence-corrected chi connectivity index (χ3v) is 5.15. The fraction of sp³-hybridized carbons (Fsp3) is 0.722. The number of hydrogen-bond donors (Lipinski definition) is 0. The van der Waals surface area contributed by atoms with Gasteiger partial charge in [-0.2, -0.15) is 0 Å². The van der Waals surface area contributed by atoms with E-state index < -0.39 is 0 Å². The normalized spacial score (nSPS) is 23.2. The second kappa shape index (κ2) is 7.47. The molecule has 132 valence electrons. The van der Waals surface area contributed by atoms with Crippen LogP contribution in [0.5, 0.6) is 0 Å². The van der Waals surface area contributed by atoms with Gasteiger partial charge in [-0.1, -0.05) is 12.8 Å². The summed E-state index contributed by atoms with van der Waals surface area (Å²) in [5.74, 6) is 1.10. The zero-order valence-corrected chi connectivity index (χ0v) is 15.2. The van der Waals surface area contributed by atoms with Crippen LogP contribution in [0.2, 0.25) is 0 Å². The molecule has 0 saturated carbocycles. The molecule has 0 bridgehead atoms. The number of aryl methyl sites for hydroxylation is 2. The molecule has 1 aromatic rings. The van der Waals surface area contributed by atoms with Crippen LogP contribution in [0, 0.1) is 13.8 Å². The number of carbonyl (C=O) groups is 1. The van der Waals surface area contributed by atoms with Gasteiger partial charge in [-0.15, -0.1) is 0 Å². The Balaban J connectivity index is 1.61. The van der Waals surface area contributed by atoms with Gasteiger partial charge < -0.3 is 9.80 Å². The van der Waals surface area contributed by atoms with Gasteiger partial charge in [0, 0.05) is 37.6 Å². The summed E-state index contributed by atoms with van der Waals surface area (Å²) in [6.45, 7) is 8.18. The summed E-state index contributed by atoms with van der Waals surface area (Å²) in [6.07, 6.45) is 4.61. The maximum Gasteiger partial charge on any atom is 0.240 e. The highest BCUT2D eigenvalue weighted by molar-refractivity contribution is 5.82. The first kappa shape index (κ1) is 17.1. The van der Waals surface area contributed by atoms with Gasteiger partial charge >= 0.3 is 0 Å². The highest BCUT2D eigenvalue weighted by Gasteiger charge is 2.31. The highest BCUT2D eigenvalue weighted by atomic mass is 16.2. The van der Waals surface area contributed by atoms with Crippen molar-refractivity contribution < 1.29 is 4.79 Å². The molecule has 0 spiro atoms. The van der Waals surface area contributed by atoms with E-state index in [1.807, 2.05) is 24.8 Å². The molecule has 2 aliphatic rings. The fourth-order valence-electron chi connectivity index (χ4n) is 3.75. The molecule has 6 heteroatoms. The zero-order valence-electron chi connectivity index (χ0n) is 15.2. The molecule has 24 heavy (non-hydrogen) atoms. The summed E-state index contributed by atoms with van der Waals surface area (Å²) in [5.41, 5.74) is 1.99. The number of hydrogen-bond acceptors (Lipinski definition) is 5. The Morgan fingerprint density at radius 3 is 2.33 bits per heavy atom. The Bertz CT molecular complexity index is 563. The molecule has 2 saturated heterocycles. The molecule has 3 heterocycles. The molecular weight excluding hydrogens is 302 g/mol. The third kappa shape index (κ3) is 3.86. The summed E-state index contributed by atoms with van der Waals surface area (Å²) in [5, 5.41) is 0. The van der Waals surface area contributed by atoms with Crippen molar-refractivity contribution in [2.45, 2.75) is 45.6 Å². The van der Waals surface area contributed by atoms with E-state index >= 15 is 0 Å². The van der Waals surface area contributed by atoms with Gasteiger partial charge in [-0.25, -0.2) is 9.97 Å². The van der Waals surface area contributed by atoms with Crippen molar-refractivity contribution in [1.82, 2.24) is 19.8 Å². The molecule has 0 aliphatic carbocycles. The first-order valence-electron chi connectivity index (χ1n) is 9.11. The minimum Gasteiger partial charge on any atom is -0.338 e. The van der Waals surface area contributed by atoms with Crippen molar-refractivity contribution in [3.63, 3.8) is 0 Å². The van der Waals surface area contributed by atoms with Crippen LogP contribution in [0.25, 0.3) is 0 Å². The van der Waals surface area contributed by atoms with Crippen molar-refractivity contribution >= 4 is 11.9 Å². The molecule has 0 N–H and O–H groups in total. The standard InChI is InChI=1S/C18H29N5O/c1-14-13-15(2)20-18(19-14)23-11-9-22(10-12-23)17(24)16-7-5-4-6-8-21(16)3/h13,16H,4-12H2,1-3H3/t16-/m1/s1. The van der Waals surface area contributed by atoms with E-state index in [-0.39, 0.29) is 6.04 Å². The van der Waals surface area contributed by atoms with Crippen LogP contribution in [-0.2, 0) is 4.79 Å². The van der Waals surface area contributed by atoms with Crippen LogP contribution in [0.1, 0.15) is 37.1 Å². The number of aromatic nitrogens is 2. The van der Waals surface area contributed by atoms with Gasteiger partial charge in [0.15, 0.2) is 0 Å². The van der Waals surface area contributed by atoms with Crippen molar-refractivity contribution in [1.29, 1.82) is 0 Å². The lowest BCUT2D eigenvalue weighted by Gasteiger charge is -2.38. The largest absolute Gasteiger partial charge is 0.338 e. The molecule has 3 rings (SSSR count). The average Bonchev–Trinajstić information content (AvgIpc) is 2.78. The molecule has 1 amide bonds. The van der Waals surface area contributed by atoms with Crippen molar-refractivity contribution in [3.8, 4) is 0 Å². The van der Waals surface area contributed by atoms with E-state index in [9.17, 15) is 4.79 Å². The van der Waals surface area contributed by atoms with Crippen molar-refractivity contribution in [2.24, 2.45) is 0 Å². The van der Waals surface area contributed by atoms with Gasteiger partial charge in [0.05, 0.1) is 6.04 Å². The van der Waals surface area contributed by atoms with E-state index in [1.165, 1.54) is 12.8 Å². The average molecular weight is 331 g/mol. The molecule has 6 nitrogen and oxygen atoms in total. The first-order chi connectivity index (χ1) is 11.5. The minimum atomic E-state index is 0.0662. The van der Waals surface area contributed by atoms with Crippen LogP contribution >= 0.6 is 0 Å². The number of amides is 1. The Morgan fingerprint density at radius 1 is 1.00 bits per heavy atom. The smallest absolute Gasteiger partial charge is 0.240 e.